The maximum absolute atomic E-state index is 12.8. The molecular weight excluding hydrogens is 278 g/mol. The second-order valence-electron chi connectivity index (χ2n) is 3.56. The lowest BCUT2D eigenvalue weighted by molar-refractivity contribution is -0.142. The van der Waals surface area contributed by atoms with Gasteiger partial charge >= 0.3 is 5.97 Å². The second kappa shape index (κ2) is 7.00. The van der Waals surface area contributed by atoms with Crippen LogP contribution in [0.15, 0.2) is 6.07 Å². The molecule has 0 atom stereocenters. The minimum atomic E-state index is -2.90. The summed E-state index contributed by atoms with van der Waals surface area (Å²) in [5, 5.41) is 8.86. The van der Waals surface area contributed by atoms with Gasteiger partial charge in [0.25, 0.3) is 6.43 Å². The summed E-state index contributed by atoms with van der Waals surface area (Å²) in [6.07, 6.45) is -3.14. The Morgan fingerprint density at radius 1 is 1.63 bits per heavy atom. The number of aromatic nitrogens is 1. The van der Waals surface area contributed by atoms with Gasteiger partial charge in [0, 0.05) is 5.88 Å². The first kappa shape index (κ1) is 15.3. The first-order valence-electron chi connectivity index (χ1n) is 5.46. The molecule has 0 N–H and O–H groups in total. The third-order valence-electron chi connectivity index (χ3n) is 2.28. The number of halogens is 3. The molecule has 1 heterocycles. The third kappa shape index (κ3) is 3.86. The van der Waals surface area contributed by atoms with E-state index in [4.69, 9.17) is 21.6 Å². The Morgan fingerprint density at radius 3 is 2.79 bits per heavy atom. The number of alkyl halides is 3. The van der Waals surface area contributed by atoms with Crippen molar-refractivity contribution >= 4 is 17.6 Å². The van der Waals surface area contributed by atoms with Gasteiger partial charge in [-0.1, -0.05) is 0 Å². The van der Waals surface area contributed by atoms with Gasteiger partial charge in [-0.2, -0.15) is 5.26 Å². The van der Waals surface area contributed by atoms with E-state index < -0.39 is 18.1 Å². The van der Waals surface area contributed by atoms with Crippen LogP contribution in [-0.2, 0) is 21.8 Å². The molecule has 19 heavy (non-hydrogen) atoms. The molecule has 0 aromatic carbocycles. The Kier molecular flexibility index (Phi) is 5.64. The van der Waals surface area contributed by atoms with Crippen LogP contribution < -0.4 is 0 Å². The smallest absolute Gasteiger partial charge is 0.311 e. The van der Waals surface area contributed by atoms with Gasteiger partial charge in [-0.05, 0) is 18.6 Å². The predicted molar refractivity (Wildman–Crippen MR) is 63.8 cm³/mol. The van der Waals surface area contributed by atoms with Crippen molar-refractivity contribution in [2.24, 2.45) is 0 Å². The lowest BCUT2D eigenvalue weighted by Crippen LogP contribution is -2.11. The lowest BCUT2D eigenvalue weighted by atomic mass is 10.1. The minimum absolute atomic E-state index is 0.110. The van der Waals surface area contributed by atoms with E-state index in [0.29, 0.717) is 0 Å². The highest BCUT2D eigenvalue weighted by atomic mass is 35.5. The van der Waals surface area contributed by atoms with Crippen LogP contribution in [0.3, 0.4) is 0 Å². The normalized spacial score (nSPS) is 10.3. The van der Waals surface area contributed by atoms with E-state index in [9.17, 15) is 13.6 Å². The Bertz CT molecular complexity index is 515. The van der Waals surface area contributed by atoms with E-state index in [1.807, 2.05) is 0 Å². The fraction of sp³-hybridized carbons (Fsp3) is 0.417. The van der Waals surface area contributed by atoms with E-state index >= 15 is 0 Å². The molecule has 4 nitrogen and oxygen atoms in total. The molecule has 0 spiro atoms. The number of carbonyl (C=O) groups is 1. The molecule has 0 bridgehead atoms. The van der Waals surface area contributed by atoms with Crippen LogP contribution in [-0.4, -0.2) is 17.6 Å². The summed E-state index contributed by atoms with van der Waals surface area (Å²) in [5.74, 6) is -0.679. The molecule has 0 saturated heterocycles. The van der Waals surface area contributed by atoms with Crippen molar-refractivity contribution in [3.8, 4) is 6.07 Å². The lowest BCUT2D eigenvalue weighted by Gasteiger charge is -2.09. The van der Waals surface area contributed by atoms with Crippen molar-refractivity contribution in [1.82, 2.24) is 4.98 Å². The Hall–Kier alpha value is -1.74. The average molecular weight is 289 g/mol. The largest absolute Gasteiger partial charge is 0.466 e. The van der Waals surface area contributed by atoms with Gasteiger partial charge in [0.05, 0.1) is 24.3 Å². The molecule has 0 saturated carbocycles. The van der Waals surface area contributed by atoms with Crippen LogP contribution in [0.2, 0.25) is 0 Å². The molecule has 0 radical (unpaired) electrons. The minimum Gasteiger partial charge on any atom is -0.466 e. The number of pyridine rings is 1. The predicted octanol–water partition coefficient (Wildman–Crippen LogP) is 2.74. The number of hydrogen-bond donors (Lipinski definition) is 0. The van der Waals surface area contributed by atoms with Gasteiger partial charge in [-0.3, -0.25) is 4.79 Å². The average Bonchev–Trinajstić information content (AvgIpc) is 2.37. The number of ether oxygens (including phenoxy) is 1. The van der Waals surface area contributed by atoms with Crippen molar-refractivity contribution < 1.29 is 18.3 Å². The van der Waals surface area contributed by atoms with E-state index in [2.05, 4.69) is 4.98 Å². The summed E-state index contributed by atoms with van der Waals surface area (Å²) in [6.45, 7) is 1.83. The van der Waals surface area contributed by atoms with Gasteiger partial charge in [-0.15, -0.1) is 11.6 Å². The molecule has 0 aliphatic rings. The molecule has 1 rings (SSSR count). The zero-order chi connectivity index (χ0) is 14.4. The maximum atomic E-state index is 12.8. The number of nitrogens with zero attached hydrogens (tertiary/aromatic N) is 2. The SMILES string of the molecule is CCOC(=O)Cc1cc(CCl)c(C#N)c(C(F)F)n1. The van der Waals surface area contributed by atoms with Crippen molar-refractivity contribution in [2.75, 3.05) is 6.61 Å². The van der Waals surface area contributed by atoms with E-state index in [1.54, 1.807) is 13.0 Å². The van der Waals surface area contributed by atoms with Crippen molar-refractivity contribution in [1.29, 1.82) is 5.26 Å². The number of rotatable bonds is 5. The van der Waals surface area contributed by atoms with Gasteiger partial charge < -0.3 is 4.74 Å². The summed E-state index contributed by atoms with van der Waals surface area (Å²) < 4.78 is 30.4. The Balaban J connectivity index is 3.18. The highest BCUT2D eigenvalue weighted by Gasteiger charge is 2.20. The Labute approximate surface area is 114 Å². The first-order valence-corrected chi connectivity index (χ1v) is 5.99. The molecule has 0 fully saturated rings. The Morgan fingerprint density at radius 2 is 2.32 bits per heavy atom. The zero-order valence-corrected chi connectivity index (χ0v) is 10.9. The molecule has 7 heteroatoms. The number of hydrogen-bond acceptors (Lipinski definition) is 4. The summed E-state index contributed by atoms with van der Waals surface area (Å²) in [6, 6.07) is 3.03. The highest BCUT2D eigenvalue weighted by molar-refractivity contribution is 6.17. The van der Waals surface area contributed by atoms with Crippen molar-refractivity contribution in [3.05, 3.63) is 28.6 Å². The molecule has 0 amide bonds. The number of carbonyl (C=O) groups excluding carboxylic acids is 1. The third-order valence-corrected chi connectivity index (χ3v) is 2.56. The highest BCUT2D eigenvalue weighted by Crippen LogP contribution is 2.25. The maximum Gasteiger partial charge on any atom is 0.311 e. The van der Waals surface area contributed by atoms with Crippen LogP contribution in [0, 0.1) is 11.3 Å². The number of nitriles is 1. The summed E-state index contributed by atoms with van der Waals surface area (Å²) in [5.41, 5.74) is -0.547. The second-order valence-corrected chi connectivity index (χ2v) is 3.83. The first-order chi connectivity index (χ1) is 9.03. The van der Waals surface area contributed by atoms with Crippen molar-refractivity contribution in [2.45, 2.75) is 25.7 Å². The van der Waals surface area contributed by atoms with Crippen LogP contribution >= 0.6 is 11.6 Å². The van der Waals surface area contributed by atoms with Gasteiger partial charge in [-0.25, -0.2) is 13.8 Å². The zero-order valence-electron chi connectivity index (χ0n) is 10.1. The molecule has 0 unspecified atom stereocenters. The standard InChI is InChI=1S/C12H11ClF2N2O2/c1-2-19-10(18)4-8-3-7(5-13)9(6-16)11(17-8)12(14)15/h3,12H,2,4-5H2,1H3. The van der Waals surface area contributed by atoms with Crippen LogP contribution in [0.1, 0.15) is 35.9 Å². The van der Waals surface area contributed by atoms with E-state index in [-0.39, 0.29) is 35.7 Å². The topological polar surface area (TPSA) is 63.0 Å². The van der Waals surface area contributed by atoms with Crippen LogP contribution in [0.4, 0.5) is 8.78 Å². The summed E-state index contributed by atoms with van der Waals surface area (Å²) in [7, 11) is 0. The van der Waals surface area contributed by atoms with Crippen LogP contribution in [0.5, 0.6) is 0 Å². The van der Waals surface area contributed by atoms with Gasteiger partial charge in [0.2, 0.25) is 0 Å². The van der Waals surface area contributed by atoms with Gasteiger partial charge in [0.1, 0.15) is 11.8 Å². The molecule has 1 aromatic rings. The summed E-state index contributed by atoms with van der Waals surface area (Å²) in [4.78, 5) is 14.9. The molecule has 102 valence electrons. The van der Waals surface area contributed by atoms with Crippen molar-refractivity contribution in [3.63, 3.8) is 0 Å². The molecule has 0 aliphatic heterocycles. The van der Waals surface area contributed by atoms with Crippen LogP contribution in [0.25, 0.3) is 0 Å². The number of esters is 1. The molecule has 1 aromatic heterocycles. The van der Waals surface area contributed by atoms with E-state index in [0.717, 1.165) is 0 Å². The fourth-order valence-electron chi connectivity index (χ4n) is 1.52. The van der Waals surface area contributed by atoms with Gasteiger partial charge in [0.15, 0.2) is 0 Å². The summed E-state index contributed by atoms with van der Waals surface area (Å²) >= 11 is 5.62. The fourth-order valence-corrected chi connectivity index (χ4v) is 1.73. The molecular formula is C12H11ClF2N2O2. The monoisotopic (exact) mass is 288 g/mol. The quantitative estimate of drug-likeness (QED) is 0.617. The van der Waals surface area contributed by atoms with E-state index in [1.165, 1.54) is 6.07 Å². The molecule has 0 aliphatic carbocycles.